The van der Waals surface area contributed by atoms with E-state index in [4.69, 9.17) is 16.3 Å². The number of amides is 1. The van der Waals surface area contributed by atoms with Gasteiger partial charge in [0.25, 0.3) is 0 Å². The normalized spacial score (nSPS) is 19.4. The quantitative estimate of drug-likeness (QED) is 0.579. The van der Waals surface area contributed by atoms with Crippen LogP contribution in [0.15, 0.2) is 0 Å². The van der Waals surface area contributed by atoms with E-state index in [2.05, 4.69) is 5.32 Å². The Morgan fingerprint density at radius 2 is 2.12 bits per heavy atom. The number of rotatable bonds is 6. The van der Waals surface area contributed by atoms with Crippen LogP contribution in [0.1, 0.15) is 45.4 Å². The maximum absolute atomic E-state index is 11.1. The first-order valence-corrected chi connectivity index (χ1v) is 6.67. The monoisotopic (exact) mass is 247 g/mol. The average Bonchev–Trinajstić information content (AvgIpc) is 2.29. The van der Waals surface area contributed by atoms with E-state index >= 15 is 0 Å². The van der Waals surface area contributed by atoms with E-state index in [-0.39, 0.29) is 5.91 Å². The van der Waals surface area contributed by atoms with Crippen molar-refractivity contribution in [3.8, 4) is 0 Å². The molecule has 1 saturated carbocycles. The highest BCUT2D eigenvalue weighted by molar-refractivity contribution is 6.30. The van der Waals surface area contributed by atoms with Crippen LogP contribution in [0.4, 0.5) is 0 Å². The van der Waals surface area contributed by atoms with E-state index in [9.17, 15) is 4.79 Å². The molecule has 16 heavy (non-hydrogen) atoms. The van der Waals surface area contributed by atoms with Crippen molar-refractivity contribution in [1.82, 2.24) is 5.32 Å². The zero-order chi connectivity index (χ0) is 11.8. The Balaban J connectivity index is 1.93. The first-order chi connectivity index (χ1) is 7.70. The summed E-state index contributed by atoms with van der Waals surface area (Å²) < 4.78 is 5.74. The fraction of sp³-hybridized carbons (Fsp3) is 0.917. The Morgan fingerprint density at radius 3 is 2.75 bits per heavy atom. The summed E-state index contributed by atoms with van der Waals surface area (Å²) in [4.78, 5) is 11.1. The zero-order valence-electron chi connectivity index (χ0n) is 10.0. The molecular formula is C12H22ClNO2. The summed E-state index contributed by atoms with van der Waals surface area (Å²) in [5.74, 6) is -0.0978. The van der Waals surface area contributed by atoms with Gasteiger partial charge < -0.3 is 10.1 Å². The van der Waals surface area contributed by atoms with Gasteiger partial charge in [0.1, 0.15) is 5.38 Å². The van der Waals surface area contributed by atoms with Gasteiger partial charge in [0, 0.05) is 13.2 Å². The number of carbonyl (C=O) groups excluding carboxylic acids is 1. The van der Waals surface area contributed by atoms with Crippen LogP contribution >= 0.6 is 11.6 Å². The predicted molar refractivity (Wildman–Crippen MR) is 65.8 cm³/mol. The average molecular weight is 248 g/mol. The molecule has 1 unspecified atom stereocenters. The van der Waals surface area contributed by atoms with Crippen LogP contribution in [0.2, 0.25) is 0 Å². The first-order valence-electron chi connectivity index (χ1n) is 6.23. The molecule has 1 aliphatic carbocycles. The molecule has 0 bridgehead atoms. The van der Waals surface area contributed by atoms with Gasteiger partial charge in [0.2, 0.25) is 5.91 Å². The van der Waals surface area contributed by atoms with E-state index in [0.717, 1.165) is 13.0 Å². The summed E-state index contributed by atoms with van der Waals surface area (Å²) in [6, 6.07) is 0. The van der Waals surface area contributed by atoms with Crippen LogP contribution in [0.5, 0.6) is 0 Å². The second-order valence-electron chi connectivity index (χ2n) is 4.39. The molecular weight excluding hydrogens is 226 g/mol. The topological polar surface area (TPSA) is 38.3 Å². The largest absolute Gasteiger partial charge is 0.378 e. The van der Waals surface area contributed by atoms with Gasteiger partial charge in [0.05, 0.1) is 6.10 Å². The number of carbonyl (C=O) groups is 1. The van der Waals surface area contributed by atoms with E-state index in [1.165, 1.54) is 32.1 Å². The maximum Gasteiger partial charge on any atom is 0.237 e. The minimum atomic E-state index is -0.445. The summed E-state index contributed by atoms with van der Waals surface area (Å²) in [5.41, 5.74) is 0. The molecule has 0 aromatic heterocycles. The van der Waals surface area contributed by atoms with E-state index in [1.807, 2.05) is 0 Å². The summed E-state index contributed by atoms with van der Waals surface area (Å²) >= 11 is 5.62. The molecule has 1 fully saturated rings. The second-order valence-corrected chi connectivity index (χ2v) is 5.05. The Kier molecular flexibility index (Phi) is 6.81. The third kappa shape index (κ3) is 5.71. The van der Waals surface area contributed by atoms with Gasteiger partial charge in [-0.05, 0) is 26.2 Å². The lowest BCUT2D eigenvalue weighted by Gasteiger charge is -2.21. The lowest BCUT2D eigenvalue weighted by atomic mass is 9.98. The van der Waals surface area contributed by atoms with Gasteiger partial charge in [-0.15, -0.1) is 11.6 Å². The number of hydrogen-bond donors (Lipinski definition) is 1. The number of nitrogens with one attached hydrogen (secondary N) is 1. The van der Waals surface area contributed by atoms with Crippen molar-refractivity contribution in [2.45, 2.75) is 56.9 Å². The Labute approximate surface area is 103 Å². The number of hydrogen-bond acceptors (Lipinski definition) is 2. The van der Waals surface area contributed by atoms with Gasteiger partial charge in [-0.3, -0.25) is 4.79 Å². The van der Waals surface area contributed by atoms with Gasteiger partial charge in [-0.1, -0.05) is 19.3 Å². The van der Waals surface area contributed by atoms with E-state index in [0.29, 0.717) is 12.6 Å². The third-order valence-corrected chi connectivity index (χ3v) is 3.09. The number of ether oxygens (including phenoxy) is 1. The SMILES string of the molecule is CC(Cl)C(=O)NCCCOC1CCCCC1. The van der Waals surface area contributed by atoms with Crippen molar-refractivity contribution in [1.29, 1.82) is 0 Å². The molecule has 1 aliphatic rings. The molecule has 1 amide bonds. The van der Waals surface area contributed by atoms with E-state index in [1.54, 1.807) is 6.92 Å². The highest BCUT2D eigenvalue weighted by Crippen LogP contribution is 2.20. The van der Waals surface area contributed by atoms with Crippen LogP contribution < -0.4 is 5.32 Å². The summed E-state index contributed by atoms with van der Waals surface area (Å²) in [6.07, 6.45) is 7.67. The molecule has 0 radical (unpaired) electrons. The highest BCUT2D eigenvalue weighted by Gasteiger charge is 2.13. The summed E-state index contributed by atoms with van der Waals surface area (Å²) in [6.45, 7) is 3.07. The zero-order valence-corrected chi connectivity index (χ0v) is 10.8. The molecule has 1 atom stereocenters. The molecule has 0 aromatic rings. The minimum Gasteiger partial charge on any atom is -0.378 e. The fourth-order valence-corrected chi connectivity index (χ4v) is 1.98. The second kappa shape index (κ2) is 7.91. The third-order valence-electron chi connectivity index (χ3n) is 2.89. The Hall–Kier alpha value is -0.280. The Bertz CT molecular complexity index is 203. The molecule has 1 rings (SSSR count). The molecule has 0 aromatic carbocycles. The molecule has 0 spiro atoms. The van der Waals surface area contributed by atoms with Crippen molar-refractivity contribution >= 4 is 17.5 Å². The molecule has 0 heterocycles. The van der Waals surface area contributed by atoms with Crippen LogP contribution in [0.3, 0.4) is 0 Å². The highest BCUT2D eigenvalue weighted by atomic mass is 35.5. The standard InChI is InChI=1S/C12H22ClNO2/c1-10(13)12(15)14-8-5-9-16-11-6-3-2-4-7-11/h10-11H,2-9H2,1H3,(H,14,15). The molecule has 1 N–H and O–H groups in total. The van der Waals surface area contributed by atoms with Crippen molar-refractivity contribution in [3.63, 3.8) is 0 Å². The van der Waals surface area contributed by atoms with Crippen molar-refractivity contribution in [2.75, 3.05) is 13.2 Å². The Morgan fingerprint density at radius 1 is 1.44 bits per heavy atom. The first kappa shape index (κ1) is 13.8. The molecule has 94 valence electrons. The summed E-state index contributed by atoms with van der Waals surface area (Å²) in [7, 11) is 0. The predicted octanol–water partition coefficient (Wildman–Crippen LogP) is 2.47. The van der Waals surface area contributed by atoms with Crippen molar-refractivity contribution in [2.24, 2.45) is 0 Å². The maximum atomic E-state index is 11.1. The minimum absolute atomic E-state index is 0.0978. The summed E-state index contributed by atoms with van der Waals surface area (Å²) in [5, 5.41) is 2.32. The molecule has 4 heteroatoms. The lowest BCUT2D eigenvalue weighted by molar-refractivity contribution is -0.120. The van der Waals surface area contributed by atoms with Gasteiger partial charge in [-0.25, -0.2) is 0 Å². The van der Waals surface area contributed by atoms with Crippen LogP contribution in [-0.2, 0) is 9.53 Å². The molecule has 0 saturated heterocycles. The lowest BCUT2D eigenvalue weighted by Crippen LogP contribution is -2.31. The van der Waals surface area contributed by atoms with E-state index < -0.39 is 5.38 Å². The molecule has 3 nitrogen and oxygen atoms in total. The number of alkyl halides is 1. The van der Waals surface area contributed by atoms with Crippen molar-refractivity contribution in [3.05, 3.63) is 0 Å². The van der Waals surface area contributed by atoms with Crippen LogP contribution in [-0.4, -0.2) is 30.5 Å². The van der Waals surface area contributed by atoms with Gasteiger partial charge in [-0.2, -0.15) is 0 Å². The van der Waals surface area contributed by atoms with Crippen LogP contribution in [0.25, 0.3) is 0 Å². The smallest absolute Gasteiger partial charge is 0.237 e. The fourth-order valence-electron chi connectivity index (χ4n) is 1.91. The van der Waals surface area contributed by atoms with Gasteiger partial charge in [0.15, 0.2) is 0 Å². The molecule has 0 aliphatic heterocycles. The van der Waals surface area contributed by atoms with Crippen LogP contribution in [0, 0.1) is 0 Å². The van der Waals surface area contributed by atoms with Crippen molar-refractivity contribution < 1.29 is 9.53 Å². The number of halogens is 1. The van der Waals surface area contributed by atoms with Gasteiger partial charge >= 0.3 is 0 Å².